The van der Waals surface area contributed by atoms with Crippen molar-refractivity contribution in [1.82, 2.24) is 25.6 Å². The number of rotatable bonds is 5. The van der Waals surface area contributed by atoms with E-state index in [9.17, 15) is 4.79 Å². The monoisotopic (exact) mass is 306 g/mol. The van der Waals surface area contributed by atoms with Crippen molar-refractivity contribution in [1.29, 1.82) is 0 Å². The van der Waals surface area contributed by atoms with Crippen LogP contribution in [-0.2, 0) is 4.79 Å². The highest BCUT2D eigenvalue weighted by atomic mass is 32.2. The van der Waals surface area contributed by atoms with Gasteiger partial charge in [0, 0.05) is 12.2 Å². The summed E-state index contributed by atoms with van der Waals surface area (Å²) in [5.41, 5.74) is 0.997. The molecule has 2 heterocycles. The van der Waals surface area contributed by atoms with E-state index in [1.807, 2.05) is 24.3 Å². The number of hydrogen-bond acceptors (Lipinski definition) is 7. The van der Waals surface area contributed by atoms with Crippen molar-refractivity contribution in [2.24, 2.45) is 0 Å². The minimum absolute atomic E-state index is 0.139. The van der Waals surface area contributed by atoms with Crippen molar-refractivity contribution >= 4 is 45.2 Å². The third kappa shape index (κ3) is 3.11. The Balaban J connectivity index is 1.51. The summed E-state index contributed by atoms with van der Waals surface area (Å²) in [6.07, 6.45) is 0.370. The van der Waals surface area contributed by atoms with Crippen LogP contribution in [0.3, 0.4) is 0 Å². The van der Waals surface area contributed by atoms with Crippen LogP contribution in [-0.4, -0.2) is 37.3 Å². The van der Waals surface area contributed by atoms with Gasteiger partial charge in [-0.2, -0.15) is 5.21 Å². The topological polar surface area (TPSA) is 96.5 Å². The number of amides is 1. The molecule has 0 aliphatic carbocycles. The molecule has 0 radical (unpaired) electrons. The maximum absolute atomic E-state index is 11.6. The molecule has 0 aliphatic heterocycles. The highest BCUT2D eigenvalue weighted by Gasteiger charge is 2.08. The van der Waals surface area contributed by atoms with Gasteiger partial charge in [0.05, 0.1) is 10.2 Å². The van der Waals surface area contributed by atoms with Crippen LogP contribution in [0.5, 0.6) is 0 Å². The Morgan fingerprint density at radius 3 is 3.10 bits per heavy atom. The number of carbonyl (C=O) groups is 1. The minimum atomic E-state index is -0.139. The number of thioether (sulfide) groups is 1. The van der Waals surface area contributed by atoms with E-state index >= 15 is 0 Å². The molecule has 0 fully saturated rings. The average Bonchev–Trinajstić information content (AvgIpc) is 3.07. The smallest absolute Gasteiger partial charge is 0.269 e. The number of carbonyl (C=O) groups excluding carboxylic acids is 1. The third-order valence-corrected chi connectivity index (χ3v) is 4.61. The number of hydrogen-bond donors (Lipinski definition) is 2. The van der Waals surface area contributed by atoms with E-state index in [4.69, 9.17) is 0 Å². The number of nitrogens with zero attached hydrogens (tertiary/aromatic N) is 4. The van der Waals surface area contributed by atoms with Crippen LogP contribution in [0.1, 0.15) is 6.42 Å². The van der Waals surface area contributed by atoms with Crippen molar-refractivity contribution in [2.45, 2.75) is 10.8 Å². The summed E-state index contributed by atoms with van der Waals surface area (Å²) in [6.45, 7) is 0. The van der Waals surface area contributed by atoms with Crippen molar-refractivity contribution in [3.63, 3.8) is 0 Å². The number of fused-ring (bicyclic) bond motifs is 1. The largest absolute Gasteiger partial charge is 0.292 e. The Kier molecular flexibility index (Phi) is 3.88. The summed E-state index contributed by atoms with van der Waals surface area (Å²) in [5.74, 6) is 0.712. The maximum atomic E-state index is 11.6. The molecule has 1 amide bonds. The molecule has 0 saturated heterocycles. The van der Waals surface area contributed by atoms with Gasteiger partial charge in [-0.1, -0.05) is 29.0 Å². The molecule has 1 aromatic carbocycles. The molecule has 0 bridgehead atoms. The van der Waals surface area contributed by atoms with Crippen LogP contribution in [0.2, 0.25) is 0 Å². The second kappa shape index (κ2) is 5.97. The fourth-order valence-electron chi connectivity index (χ4n) is 1.55. The van der Waals surface area contributed by atoms with E-state index in [0.29, 0.717) is 12.2 Å². The molecule has 9 heteroatoms. The molecule has 2 N–H and O–H groups in total. The van der Waals surface area contributed by atoms with E-state index < -0.39 is 0 Å². The van der Waals surface area contributed by atoms with Gasteiger partial charge in [0.1, 0.15) is 0 Å². The van der Waals surface area contributed by atoms with Gasteiger partial charge in [0.15, 0.2) is 4.34 Å². The highest BCUT2D eigenvalue weighted by molar-refractivity contribution is 8.01. The van der Waals surface area contributed by atoms with Crippen LogP contribution < -0.4 is 5.32 Å². The summed E-state index contributed by atoms with van der Waals surface area (Å²) < 4.78 is 2.13. The minimum Gasteiger partial charge on any atom is -0.292 e. The molecule has 7 nitrogen and oxygen atoms in total. The van der Waals surface area contributed by atoms with E-state index in [1.54, 1.807) is 23.1 Å². The van der Waals surface area contributed by atoms with Crippen LogP contribution in [0.4, 0.5) is 5.95 Å². The Bertz CT molecular complexity index is 678. The first-order valence-electron chi connectivity index (χ1n) is 5.83. The van der Waals surface area contributed by atoms with Gasteiger partial charge < -0.3 is 0 Å². The number of benzene rings is 1. The molecule has 3 rings (SSSR count). The number of tetrazole rings is 1. The summed E-state index contributed by atoms with van der Waals surface area (Å²) in [6, 6.07) is 7.99. The Labute approximate surface area is 122 Å². The second-order valence-corrected chi connectivity index (χ2v) is 6.20. The molecule has 0 saturated carbocycles. The Morgan fingerprint density at radius 1 is 1.40 bits per heavy atom. The lowest BCUT2D eigenvalue weighted by Gasteiger charge is -1.98. The normalized spacial score (nSPS) is 10.8. The molecule has 0 aliphatic rings. The van der Waals surface area contributed by atoms with E-state index in [-0.39, 0.29) is 11.9 Å². The zero-order valence-corrected chi connectivity index (χ0v) is 11.9. The zero-order chi connectivity index (χ0) is 13.8. The average molecular weight is 306 g/mol. The zero-order valence-electron chi connectivity index (χ0n) is 10.2. The van der Waals surface area contributed by atoms with Gasteiger partial charge in [-0.3, -0.25) is 10.1 Å². The lowest BCUT2D eigenvalue weighted by atomic mass is 10.3. The molecule has 3 aromatic rings. The maximum Gasteiger partial charge on any atom is 0.269 e. The number of aromatic amines is 1. The summed E-state index contributed by atoms with van der Waals surface area (Å²) in [5, 5.41) is 15.5. The van der Waals surface area contributed by atoms with E-state index in [0.717, 1.165) is 14.6 Å². The molecular formula is C11H10N6OS2. The first-order valence-corrected chi connectivity index (χ1v) is 7.63. The van der Waals surface area contributed by atoms with Crippen molar-refractivity contribution in [3.8, 4) is 0 Å². The highest BCUT2D eigenvalue weighted by Crippen LogP contribution is 2.29. The molecule has 102 valence electrons. The van der Waals surface area contributed by atoms with Gasteiger partial charge in [0.25, 0.3) is 5.95 Å². The number of para-hydroxylation sites is 1. The lowest BCUT2D eigenvalue weighted by Crippen LogP contribution is -2.13. The van der Waals surface area contributed by atoms with Crippen molar-refractivity contribution in [2.75, 3.05) is 11.1 Å². The summed E-state index contributed by atoms with van der Waals surface area (Å²) in [7, 11) is 0. The quantitative estimate of drug-likeness (QED) is 0.699. The first kappa shape index (κ1) is 13.0. The molecule has 0 spiro atoms. The fraction of sp³-hybridized carbons (Fsp3) is 0.182. The van der Waals surface area contributed by atoms with Crippen LogP contribution in [0.25, 0.3) is 10.2 Å². The van der Waals surface area contributed by atoms with Crippen LogP contribution in [0, 0.1) is 0 Å². The second-order valence-electron chi connectivity index (χ2n) is 3.83. The lowest BCUT2D eigenvalue weighted by molar-refractivity contribution is -0.115. The van der Waals surface area contributed by atoms with Crippen LogP contribution in [0.15, 0.2) is 28.6 Å². The van der Waals surface area contributed by atoms with Gasteiger partial charge in [-0.25, -0.2) is 4.98 Å². The number of nitrogens with one attached hydrogen (secondary N) is 2. The first-order chi connectivity index (χ1) is 9.81. The van der Waals surface area contributed by atoms with Crippen molar-refractivity contribution < 1.29 is 4.79 Å². The van der Waals surface area contributed by atoms with Gasteiger partial charge in [-0.05, 0) is 17.3 Å². The molecular weight excluding hydrogens is 296 g/mol. The van der Waals surface area contributed by atoms with Gasteiger partial charge in [0.2, 0.25) is 5.91 Å². The molecule has 20 heavy (non-hydrogen) atoms. The molecule has 2 aromatic heterocycles. The van der Waals surface area contributed by atoms with Gasteiger partial charge in [-0.15, -0.1) is 16.4 Å². The third-order valence-electron chi connectivity index (χ3n) is 2.43. The molecule has 0 unspecified atom stereocenters. The van der Waals surface area contributed by atoms with Crippen molar-refractivity contribution in [3.05, 3.63) is 24.3 Å². The molecule has 0 atom stereocenters. The summed E-state index contributed by atoms with van der Waals surface area (Å²) >= 11 is 3.20. The number of H-pyrrole nitrogens is 1. The Morgan fingerprint density at radius 2 is 2.30 bits per heavy atom. The Hall–Kier alpha value is -2.00. The number of thiazole rings is 1. The van der Waals surface area contributed by atoms with Gasteiger partial charge >= 0.3 is 0 Å². The SMILES string of the molecule is O=C(CCSc1nc2ccccc2s1)Nc1nn[nH]n1. The number of aromatic nitrogens is 5. The standard InChI is InChI=1S/C11H10N6OS2/c18-9(13-10-14-16-17-15-10)5-6-19-11-12-7-3-1-2-4-8(7)20-11/h1-4H,5-6H2,(H2,13,14,15,16,17,18). The summed E-state index contributed by atoms with van der Waals surface area (Å²) in [4.78, 5) is 16.1. The number of anilines is 1. The van der Waals surface area contributed by atoms with E-state index in [2.05, 4.69) is 30.9 Å². The fourth-order valence-corrected chi connectivity index (χ4v) is 3.62. The van der Waals surface area contributed by atoms with Crippen LogP contribution >= 0.6 is 23.1 Å². The van der Waals surface area contributed by atoms with E-state index in [1.165, 1.54) is 0 Å². The predicted molar refractivity (Wildman–Crippen MR) is 77.8 cm³/mol. The predicted octanol–water partition coefficient (Wildman–Crippen LogP) is 1.93.